The fraction of sp³-hybridized carbons (Fsp3) is 0.625. The van der Waals surface area contributed by atoms with Crippen molar-refractivity contribution in [3.8, 4) is 0 Å². The molecule has 1 saturated carbocycles. The van der Waals surface area contributed by atoms with Crippen molar-refractivity contribution >= 4 is 0 Å². The van der Waals surface area contributed by atoms with E-state index < -0.39 is 11.7 Å². The molecule has 2 rings (SSSR count). The molecule has 1 unspecified atom stereocenters. The Balaban J connectivity index is 1.78. The number of aryl methyl sites for hydroxylation is 1. The van der Waals surface area contributed by atoms with Gasteiger partial charge in [0, 0.05) is 6.04 Å². The van der Waals surface area contributed by atoms with Gasteiger partial charge in [-0.3, -0.25) is 0 Å². The third-order valence-electron chi connectivity index (χ3n) is 3.92. The van der Waals surface area contributed by atoms with Crippen LogP contribution in [0.25, 0.3) is 0 Å². The van der Waals surface area contributed by atoms with E-state index in [1.54, 1.807) is 12.1 Å². The highest BCUT2D eigenvalue weighted by atomic mass is 19.4. The summed E-state index contributed by atoms with van der Waals surface area (Å²) in [7, 11) is 0. The lowest BCUT2D eigenvalue weighted by molar-refractivity contribution is -0.137. The SMILES string of the molecule is CCNC(CCCc1ccc(C(F)(F)F)cc1)C1CC1. The zero-order valence-electron chi connectivity index (χ0n) is 11.8. The minimum atomic E-state index is -4.24. The summed E-state index contributed by atoms with van der Waals surface area (Å²) in [5.74, 6) is 0.822. The molecule has 0 saturated heterocycles. The fourth-order valence-corrected chi connectivity index (χ4v) is 2.65. The number of halogens is 3. The monoisotopic (exact) mass is 285 g/mol. The Morgan fingerprint density at radius 1 is 1.20 bits per heavy atom. The number of nitrogens with one attached hydrogen (secondary N) is 1. The molecule has 1 atom stereocenters. The minimum absolute atomic E-state index is 0.565. The highest BCUT2D eigenvalue weighted by Crippen LogP contribution is 2.34. The minimum Gasteiger partial charge on any atom is -0.314 e. The van der Waals surface area contributed by atoms with Crippen LogP contribution in [0.2, 0.25) is 0 Å². The van der Waals surface area contributed by atoms with Crippen molar-refractivity contribution in [3.05, 3.63) is 35.4 Å². The predicted molar refractivity (Wildman–Crippen MR) is 74.6 cm³/mol. The lowest BCUT2D eigenvalue weighted by Crippen LogP contribution is -2.30. The molecule has 1 N–H and O–H groups in total. The van der Waals surface area contributed by atoms with Crippen LogP contribution < -0.4 is 5.32 Å². The van der Waals surface area contributed by atoms with Crippen molar-refractivity contribution in [3.63, 3.8) is 0 Å². The maximum Gasteiger partial charge on any atom is 0.416 e. The molecule has 1 nitrogen and oxygen atoms in total. The molecular formula is C16H22F3N. The predicted octanol–water partition coefficient (Wildman–Crippen LogP) is 4.42. The molecule has 0 heterocycles. The molecule has 1 aromatic carbocycles. The second-order valence-corrected chi connectivity index (χ2v) is 5.59. The van der Waals surface area contributed by atoms with Crippen LogP contribution >= 0.6 is 0 Å². The summed E-state index contributed by atoms with van der Waals surface area (Å²) in [6, 6.07) is 6.15. The zero-order valence-corrected chi connectivity index (χ0v) is 11.8. The summed E-state index contributed by atoms with van der Waals surface area (Å²) in [6.45, 7) is 3.10. The van der Waals surface area contributed by atoms with Crippen LogP contribution in [-0.4, -0.2) is 12.6 Å². The summed E-state index contributed by atoms with van der Waals surface area (Å²) in [5, 5.41) is 3.51. The van der Waals surface area contributed by atoms with Crippen molar-refractivity contribution in [2.24, 2.45) is 5.92 Å². The highest BCUT2D eigenvalue weighted by molar-refractivity contribution is 5.24. The molecule has 20 heavy (non-hydrogen) atoms. The van der Waals surface area contributed by atoms with Crippen molar-refractivity contribution in [2.45, 2.75) is 51.2 Å². The second-order valence-electron chi connectivity index (χ2n) is 5.59. The van der Waals surface area contributed by atoms with Crippen LogP contribution in [0.1, 0.15) is 43.7 Å². The van der Waals surface area contributed by atoms with Crippen molar-refractivity contribution < 1.29 is 13.2 Å². The number of hydrogen-bond acceptors (Lipinski definition) is 1. The third-order valence-corrected chi connectivity index (χ3v) is 3.92. The molecule has 0 aliphatic heterocycles. The molecule has 1 aliphatic carbocycles. The maximum absolute atomic E-state index is 12.4. The number of rotatable bonds is 7. The maximum atomic E-state index is 12.4. The van der Waals surface area contributed by atoms with Gasteiger partial charge in [-0.1, -0.05) is 19.1 Å². The first-order valence-electron chi connectivity index (χ1n) is 7.40. The van der Waals surface area contributed by atoms with E-state index in [9.17, 15) is 13.2 Å². The summed E-state index contributed by atoms with van der Waals surface area (Å²) in [4.78, 5) is 0. The molecule has 0 bridgehead atoms. The Kier molecular flexibility index (Phi) is 5.08. The molecule has 0 spiro atoms. The first kappa shape index (κ1) is 15.4. The number of hydrogen-bond donors (Lipinski definition) is 1. The number of benzene rings is 1. The first-order chi connectivity index (χ1) is 9.50. The molecule has 1 fully saturated rings. The van der Waals surface area contributed by atoms with Crippen molar-refractivity contribution in [1.29, 1.82) is 0 Å². The van der Waals surface area contributed by atoms with Gasteiger partial charge in [0.1, 0.15) is 0 Å². The number of alkyl halides is 3. The molecular weight excluding hydrogens is 263 g/mol. The Hall–Kier alpha value is -1.03. The average Bonchev–Trinajstić information content (AvgIpc) is 3.21. The lowest BCUT2D eigenvalue weighted by Gasteiger charge is -2.17. The van der Waals surface area contributed by atoms with Gasteiger partial charge < -0.3 is 5.32 Å². The highest BCUT2D eigenvalue weighted by Gasteiger charge is 2.30. The summed E-state index contributed by atoms with van der Waals surface area (Å²) >= 11 is 0. The van der Waals surface area contributed by atoms with Crippen LogP contribution in [0, 0.1) is 5.92 Å². The van der Waals surface area contributed by atoms with Crippen molar-refractivity contribution in [2.75, 3.05) is 6.54 Å². The van der Waals surface area contributed by atoms with E-state index in [2.05, 4.69) is 12.2 Å². The van der Waals surface area contributed by atoms with Gasteiger partial charge in [-0.15, -0.1) is 0 Å². The summed E-state index contributed by atoms with van der Waals surface area (Å²) < 4.78 is 37.3. The molecule has 0 amide bonds. The van der Waals surface area contributed by atoms with Crippen LogP contribution in [0.4, 0.5) is 13.2 Å². The Morgan fingerprint density at radius 3 is 2.35 bits per heavy atom. The Bertz CT molecular complexity index is 407. The van der Waals surface area contributed by atoms with Crippen molar-refractivity contribution in [1.82, 2.24) is 5.32 Å². The zero-order chi connectivity index (χ0) is 14.6. The molecule has 1 aromatic rings. The van der Waals surface area contributed by atoms with Gasteiger partial charge >= 0.3 is 6.18 Å². The standard InChI is InChI=1S/C16H22F3N/c1-2-20-15(13-8-9-13)5-3-4-12-6-10-14(11-7-12)16(17,18)19/h6-7,10-11,13,15,20H,2-5,8-9H2,1H3. The average molecular weight is 285 g/mol. The van der Waals surface area contributed by atoms with Crippen LogP contribution in [-0.2, 0) is 12.6 Å². The second kappa shape index (κ2) is 6.61. The molecule has 112 valence electrons. The first-order valence-corrected chi connectivity index (χ1v) is 7.40. The largest absolute Gasteiger partial charge is 0.416 e. The molecule has 4 heteroatoms. The van der Waals surface area contributed by atoms with Crippen LogP contribution in [0.5, 0.6) is 0 Å². The Labute approximate surface area is 118 Å². The molecule has 0 aromatic heterocycles. The van der Waals surface area contributed by atoms with Gasteiger partial charge in [-0.25, -0.2) is 0 Å². The van der Waals surface area contributed by atoms with E-state index in [-0.39, 0.29) is 0 Å². The van der Waals surface area contributed by atoms with Gasteiger partial charge in [0.2, 0.25) is 0 Å². The quantitative estimate of drug-likeness (QED) is 0.782. The van der Waals surface area contributed by atoms with Gasteiger partial charge in [0.25, 0.3) is 0 Å². The Morgan fingerprint density at radius 2 is 1.85 bits per heavy atom. The normalized spacial score (nSPS) is 17.2. The topological polar surface area (TPSA) is 12.0 Å². The molecule has 0 radical (unpaired) electrons. The molecule has 1 aliphatic rings. The van der Waals surface area contributed by atoms with Crippen LogP contribution in [0.15, 0.2) is 24.3 Å². The van der Waals surface area contributed by atoms with Gasteiger partial charge in [0.05, 0.1) is 5.56 Å². The van der Waals surface area contributed by atoms with E-state index in [0.29, 0.717) is 6.04 Å². The van der Waals surface area contributed by atoms with Crippen LogP contribution in [0.3, 0.4) is 0 Å². The fourth-order valence-electron chi connectivity index (χ4n) is 2.65. The van der Waals surface area contributed by atoms with E-state index >= 15 is 0 Å². The van der Waals surface area contributed by atoms with Gasteiger partial charge in [-0.05, 0) is 62.3 Å². The van der Waals surface area contributed by atoms with Gasteiger partial charge in [-0.2, -0.15) is 13.2 Å². The smallest absolute Gasteiger partial charge is 0.314 e. The van der Waals surface area contributed by atoms with Gasteiger partial charge in [0.15, 0.2) is 0 Å². The summed E-state index contributed by atoms with van der Waals surface area (Å²) in [6.07, 6.45) is 1.39. The van der Waals surface area contributed by atoms with E-state index in [0.717, 1.165) is 37.3 Å². The van der Waals surface area contributed by atoms with E-state index in [4.69, 9.17) is 0 Å². The lowest BCUT2D eigenvalue weighted by atomic mass is 10.0. The van der Waals surface area contributed by atoms with E-state index in [1.807, 2.05) is 0 Å². The third kappa shape index (κ3) is 4.51. The summed E-state index contributed by atoms with van der Waals surface area (Å²) in [5.41, 5.74) is 0.425. The van der Waals surface area contributed by atoms with E-state index in [1.165, 1.54) is 25.0 Å².